The highest BCUT2D eigenvalue weighted by Crippen LogP contribution is 2.51. The molecule has 2 aliphatic heterocycles. The number of rotatable bonds is 11. The number of anilines is 2. The highest BCUT2D eigenvalue weighted by Gasteiger charge is 2.61. The minimum absolute atomic E-state index is 0.0810. The van der Waals surface area contributed by atoms with Crippen LogP contribution in [0.3, 0.4) is 0 Å². The average Bonchev–Trinajstić information content (AvgIpc) is 3.93. The molecule has 4 aromatic heterocycles. The summed E-state index contributed by atoms with van der Waals surface area (Å²) in [7, 11) is 0. The van der Waals surface area contributed by atoms with Gasteiger partial charge < -0.3 is 36.6 Å². The van der Waals surface area contributed by atoms with Crippen molar-refractivity contribution in [3.8, 4) is 11.4 Å². The van der Waals surface area contributed by atoms with Gasteiger partial charge >= 0.3 is 5.97 Å². The first kappa shape index (κ1) is 45.0. The second-order valence-corrected chi connectivity index (χ2v) is 17.9. The molecule has 10 rings (SSSR count). The first-order valence-corrected chi connectivity index (χ1v) is 21.6. The van der Waals surface area contributed by atoms with Crippen molar-refractivity contribution in [2.75, 3.05) is 36.0 Å². The fraction of sp³-hybridized carbons (Fsp3) is 0.304. The summed E-state index contributed by atoms with van der Waals surface area (Å²) in [5.74, 6) is -11.5. The van der Waals surface area contributed by atoms with Crippen molar-refractivity contribution >= 4 is 57.4 Å². The smallest absolute Gasteiger partial charge is 0.341 e. The molecular formula is C46H38F6N10O7. The van der Waals surface area contributed by atoms with E-state index < -0.39 is 116 Å². The van der Waals surface area contributed by atoms with Gasteiger partial charge in [-0.25, -0.2) is 41.1 Å². The van der Waals surface area contributed by atoms with Crippen molar-refractivity contribution in [3.05, 3.63) is 127 Å². The Kier molecular flexibility index (Phi) is 10.5. The molecule has 0 radical (unpaired) electrons. The van der Waals surface area contributed by atoms with E-state index in [1.165, 1.54) is 23.6 Å². The van der Waals surface area contributed by atoms with Crippen LogP contribution in [0.15, 0.2) is 70.5 Å². The maximum Gasteiger partial charge on any atom is 0.341 e. The number of benzene rings is 2. The summed E-state index contributed by atoms with van der Waals surface area (Å²) in [4.78, 5) is 91.5. The third kappa shape index (κ3) is 7.38. The van der Waals surface area contributed by atoms with Crippen LogP contribution in [-0.2, 0) is 9.59 Å². The molecule has 6 N–H and O–H groups in total. The number of amides is 3. The first-order chi connectivity index (χ1) is 32.7. The van der Waals surface area contributed by atoms with Crippen LogP contribution in [0.25, 0.3) is 33.4 Å². The van der Waals surface area contributed by atoms with Gasteiger partial charge in [0.15, 0.2) is 34.6 Å². The van der Waals surface area contributed by atoms with Gasteiger partial charge in [-0.2, -0.15) is 0 Å². The predicted molar refractivity (Wildman–Crippen MR) is 234 cm³/mol. The Hall–Kier alpha value is -7.82. The zero-order chi connectivity index (χ0) is 49.2. The van der Waals surface area contributed by atoms with Crippen molar-refractivity contribution in [2.24, 2.45) is 35.1 Å². The molecule has 4 aliphatic rings. The third-order valence-electron chi connectivity index (χ3n) is 13.7. The van der Waals surface area contributed by atoms with E-state index in [2.05, 4.69) is 15.3 Å². The van der Waals surface area contributed by atoms with E-state index in [9.17, 15) is 42.7 Å². The summed E-state index contributed by atoms with van der Waals surface area (Å²) in [6.07, 6.45) is 1.83. The fourth-order valence-electron chi connectivity index (χ4n) is 10.1. The van der Waals surface area contributed by atoms with Gasteiger partial charge in [0.2, 0.25) is 22.7 Å². The lowest BCUT2D eigenvalue weighted by Crippen LogP contribution is -2.54. The summed E-state index contributed by atoms with van der Waals surface area (Å²) in [6, 6.07) is 3.80. The summed E-state index contributed by atoms with van der Waals surface area (Å²) in [5, 5.41) is 11.6. The molecule has 0 spiro atoms. The van der Waals surface area contributed by atoms with E-state index >= 15 is 17.6 Å². The third-order valence-corrected chi connectivity index (χ3v) is 13.7. The quantitative estimate of drug-likeness (QED) is 0.137. The summed E-state index contributed by atoms with van der Waals surface area (Å²) in [6.45, 7) is 3.48. The molecule has 6 atom stereocenters. The van der Waals surface area contributed by atoms with Gasteiger partial charge in [0.1, 0.15) is 40.4 Å². The van der Waals surface area contributed by atoms with Crippen LogP contribution in [-0.4, -0.2) is 103 Å². The Labute approximate surface area is 384 Å². The number of nitrogens with zero attached hydrogens (tertiary/aromatic N) is 7. The van der Waals surface area contributed by atoms with Gasteiger partial charge in [-0.15, -0.1) is 0 Å². The molecule has 0 bridgehead atoms. The van der Waals surface area contributed by atoms with E-state index in [-0.39, 0.29) is 84.2 Å². The molecule has 4 unspecified atom stereocenters. The van der Waals surface area contributed by atoms with Crippen LogP contribution in [0, 0.1) is 58.6 Å². The lowest BCUT2D eigenvalue weighted by molar-refractivity contribution is -0.140. The molecule has 69 heavy (non-hydrogen) atoms. The topological polar surface area (TPSA) is 232 Å². The van der Waals surface area contributed by atoms with Crippen LogP contribution in [0.2, 0.25) is 0 Å². The van der Waals surface area contributed by atoms with Gasteiger partial charge in [0, 0.05) is 86.5 Å². The Bertz CT molecular complexity index is 3360. The standard InChI is InChI=1S/C46H38F6N10O7/c1-17(53)45(67)62(18(2)39(54)65)36-25-13-59(14-26(25)36)43-31(51)9-21-37(63)27(15-60(40(21)56-43)33-5-3-19(47)7-29(33)49)44(66)55-35-23-11-58(12-24(23)35)42-32(52)10-22-38(64)28(46(68)69)16-61(41(22)57-42)34-6-4-20(48)8-30(34)50/h3-10,15-18,23-26,35-36H,11-14,53H2,1-2H3,(H2,54,65)(H,55,66)(H,68,69)/t17-,18-,23?,24?,25?,26?,35?,36?/m0/s1. The number of hydrogen-bond acceptors (Lipinski definition) is 11. The number of primary amides is 1. The van der Waals surface area contributed by atoms with Crippen molar-refractivity contribution in [1.29, 1.82) is 0 Å². The van der Waals surface area contributed by atoms with E-state index in [0.717, 1.165) is 57.9 Å². The number of nitrogens with two attached hydrogens (primary N) is 2. The van der Waals surface area contributed by atoms with Crippen molar-refractivity contribution < 1.29 is 50.6 Å². The second-order valence-electron chi connectivity index (χ2n) is 17.9. The van der Waals surface area contributed by atoms with E-state index in [4.69, 9.17) is 11.5 Å². The van der Waals surface area contributed by atoms with Crippen molar-refractivity contribution in [2.45, 2.75) is 38.0 Å². The van der Waals surface area contributed by atoms with Crippen molar-refractivity contribution in [3.63, 3.8) is 0 Å². The Morgan fingerprint density at radius 3 is 1.58 bits per heavy atom. The number of hydrogen-bond donors (Lipinski definition) is 4. The number of carboxylic acid groups (broad SMARTS) is 1. The summed E-state index contributed by atoms with van der Waals surface area (Å²) in [5.41, 5.74) is 6.72. The predicted octanol–water partition coefficient (Wildman–Crippen LogP) is 2.97. The largest absolute Gasteiger partial charge is 0.477 e. The molecule has 17 nitrogen and oxygen atoms in total. The van der Waals surface area contributed by atoms with Gasteiger partial charge in [-0.05, 0) is 50.2 Å². The van der Waals surface area contributed by atoms with Crippen LogP contribution in [0.5, 0.6) is 0 Å². The van der Waals surface area contributed by atoms with Gasteiger partial charge in [0.05, 0.1) is 28.2 Å². The van der Waals surface area contributed by atoms with Gasteiger partial charge in [0.25, 0.3) is 5.91 Å². The monoisotopic (exact) mass is 956 g/mol. The number of pyridine rings is 4. The molecule has 2 saturated heterocycles. The van der Waals surface area contributed by atoms with Gasteiger partial charge in [-0.3, -0.25) is 33.1 Å². The average molecular weight is 957 g/mol. The number of aromatic carboxylic acids is 1. The van der Waals surface area contributed by atoms with Crippen LogP contribution in [0.1, 0.15) is 34.6 Å². The number of piperidine rings is 2. The molecule has 2 saturated carbocycles. The van der Waals surface area contributed by atoms with Crippen LogP contribution < -0.4 is 37.4 Å². The van der Waals surface area contributed by atoms with Crippen molar-refractivity contribution in [1.82, 2.24) is 29.3 Å². The number of halogens is 6. The maximum absolute atomic E-state index is 16.2. The Balaban J connectivity index is 0.921. The normalized spacial score (nSPS) is 22.0. The molecule has 6 aromatic rings. The second kappa shape index (κ2) is 16.2. The zero-order valence-corrected chi connectivity index (χ0v) is 36.2. The molecule has 2 aromatic carbocycles. The molecule has 356 valence electrons. The highest BCUT2D eigenvalue weighted by molar-refractivity contribution is 5.98. The lowest BCUT2D eigenvalue weighted by Gasteiger charge is -2.32. The number of carboxylic acids is 1. The number of carbonyl (C=O) groups excluding carboxylic acids is 3. The van der Waals surface area contributed by atoms with Crippen LogP contribution >= 0.6 is 0 Å². The van der Waals surface area contributed by atoms with E-state index in [0.29, 0.717) is 12.1 Å². The first-order valence-electron chi connectivity index (χ1n) is 21.6. The van der Waals surface area contributed by atoms with E-state index in [1.807, 2.05) is 0 Å². The molecule has 2 aliphatic carbocycles. The summed E-state index contributed by atoms with van der Waals surface area (Å²) < 4.78 is 92.5. The molecule has 4 fully saturated rings. The SMILES string of the molecule is C[C@H](N)C(=O)N(C1C2CN(c3nc4c(cc3F)c(=O)c(C(=O)NC3C5CN(c6nc7c(cc6F)c(=O)c(C(=O)O)cn7-c6ccc(F)cc6F)CC53)cn4-c3ccc(F)cc3F)CC21)[C@@H](C)C(N)=O. The fourth-order valence-corrected chi connectivity index (χ4v) is 10.1. The highest BCUT2D eigenvalue weighted by atomic mass is 19.2. The molecule has 6 heterocycles. The maximum atomic E-state index is 16.2. The molecule has 3 amide bonds. The number of aromatic nitrogens is 4. The zero-order valence-electron chi connectivity index (χ0n) is 36.2. The Morgan fingerprint density at radius 2 is 1.14 bits per heavy atom. The minimum Gasteiger partial charge on any atom is -0.477 e. The Morgan fingerprint density at radius 1 is 0.696 bits per heavy atom. The van der Waals surface area contributed by atoms with Crippen LogP contribution in [0.4, 0.5) is 38.0 Å². The molecular weight excluding hydrogens is 919 g/mol. The summed E-state index contributed by atoms with van der Waals surface area (Å²) >= 11 is 0. The number of carbonyl (C=O) groups is 4. The number of fused-ring (bicyclic) bond motifs is 4. The lowest BCUT2D eigenvalue weighted by atomic mass is 10.1. The van der Waals surface area contributed by atoms with Gasteiger partial charge in [-0.1, -0.05) is 0 Å². The van der Waals surface area contributed by atoms with E-state index in [1.54, 1.807) is 4.90 Å². The minimum atomic E-state index is -1.68. The molecule has 23 heteroatoms. The number of nitrogens with one attached hydrogen (secondary N) is 1.